The number of thioether (sulfide) groups is 1. The minimum absolute atomic E-state index is 0.0242. The maximum atomic E-state index is 12.6. The molecule has 1 saturated carbocycles. The predicted molar refractivity (Wildman–Crippen MR) is 106 cm³/mol. The molecule has 0 spiro atoms. The van der Waals surface area contributed by atoms with Gasteiger partial charge < -0.3 is 9.88 Å². The molecule has 134 valence electrons. The molecule has 1 aromatic heterocycles. The molecule has 0 saturated heterocycles. The molecule has 26 heavy (non-hydrogen) atoms. The number of nitrogens with zero attached hydrogens (tertiary/aromatic N) is 3. The smallest absolute Gasteiger partial charge is 0.237 e. The van der Waals surface area contributed by atoms with Gasteiger partial charge in [0.15, 0.2) is 5.16 Å². The Hall–Kier alpha value is -2.34. The zero-order valence-electron chi connectivity index (χ0n) is 15.0. The van der Waals surface area contributed by atoms with Crippen molar-refractivity contribution in [3.8, 4) is 0 Å². The van der Waals surface area contributed by atoms with E-state index in [1.807, 2.05) is 43.3 Å². The van der Waals surface area contributed by atoms with Gasteiger partial charge in [0, 0.05) is 18.2 Å². The molecule has 5 nitrogen and oxygen atoms in total. The number of benzene rings is 2. The first kappa shape index (κ1) is 17.1. The van der Waals surface area contributed by atoms with Crippen molar-refractivity contribution in [1.29, 1.82) is 0 Å². The molecule has 1 N–H and O–H groups in total. The molecule has 2 aromatic carbocycles. The maximum Gasteiger partial charge on any atom is 0.237 e. The van der Waals surface area contributed by atoms with Gasteiger partial charge in [0.1, 0.15) is 5.82 Å². The first-order chi connectivity index (χ1) is 12.7. The highest BCUT2D eigenvalue weighted by atomic mass is 32.2. The number of nitrogens with one attached hydrogen (secondary N) is 1. The summed E-state index contributed by atoms with van der Waals surface area (Å²) in [4.78, 5) is 12.6. The standard InChI is InChI=1S/C20H22N4OS/c1-3-24-18(15-8-9-15)22-23-20(24)26-13(2)19(25)21-17-11-10-14-6-4-5-7-16(14)12-17/h4-7,10-13,15H,3,8-9H2,1-2H3,(H,21,25)/t13-/m1/s1. The Morgan fingerprint density at radius 2 is 2.00 bits per heavy atom. The number of aromatic nitrogens is 3. The minimum Gasteiger partial charge on any atom is -0.325 e. The third-order valence-corrected chi connectivity index (χ3v) is 5.75. The molecule has 1 heterocycles. The van der Waals surface area contributed by atoms with E-state index in [1.165, 1.54) is 24.6 Å². The quantitative estimate of drug-likeness (QED) is 0.655. The number of carbonyl (C=O) groups is 1. The third kappa shape index (κ3) is 3.46. The van der Waals surface area contributed by atoms with E-state index < -0.39 is 0 Å². The molecule has 1 fully saturated rings. The van der Waals surface area contributed by atoms with Crippen LogP contribution in [0.25, 0.3) is 10.8 Å². The predicted octanol–water partition coefficient (Wildman–Crippen LogP) is 4.45. The lowest BCUT2D eigenvalue weighted by Crippen LogP contribution is -2.23. The van der Waals surface area contributed by atoms with Crippen molar-refractivity contribution in [3.05, 3.63) is 48.3 Å². The topological polar surface area (TPSA) is 59.8 Å². The fraction of sp³-hybridized carbons (Fsp3) is 0.350. The zero-order chi connectivity index (χ0) is 18.1. The molecule has 6 heteroatoms. The van der Waals surface area contributed by atoms with Crippen molar-refractivity contribution in [2.24, 2.45) is 0 Å². The van der Waals surface area contributed by atoms with E-state index in [2.05, 4.69) is 33.1 Å². The number of anilines is 1. The first-order valence-electron chi connectivity index (χ1n) is 9.05. The lowest BCUT2D eigenvalue weighted by Gasteiger charge is -2.13. The van der Waals surface area contributed by atoms with Crippen LogP contribution in [0.1, 0.15) is 38.4 Å². The molecule has 1 aliphatic carbocycles. The Bertz CT molecular complexity index is 948. The van der Waals surface area contributed by atoms with Gasteiger partial charge in [0.05, 0.1) is 5.25 Å². The Balaban J connectivity index is 1.45. The summed E-state index contributed by atoms with van der Waals surface area (Å²) >= 11 is 1.47. The van der Waals surface area contributed by atoms with Gasteiger partial charge in [-0.3, -0.25) is 4.79 Å². The van der Waals surface area contributed by atoms with Crippen LogP contribution in [-0.2, 0) is 11.3 Å². The fourth-order valence-corrected chi connectivity index (χ4v) is 3.97. The summed E-state index contributed by atoms with van der Waals surface area (Å²) in [5.74, 6) is 1.60. The first-order valence-corrected chi connectivity index (χ1v) is 9.93. The van der Waals surface area contributed by atoms with Gasteiger partial charge in [-0.25, -0.2) is 0 Å². The highest BCUT2D eigenvalue weighted by Gasteiger charge is 2.30. The van der Waals surface area contributed by atoms with Crippen LogP contribution in [0.2, 0.25) is 0 Å². The zero-order valence-corrected chi connectivity index (χ0v) is 15.8. The molecule has 3 aromatic rings. The summed E-state index contributed by atoms with van der Waals surface area (Å²) < 4.78 is 2.14. The summed E-state index contributed by atoms with van der Waals surface area (Å²) in [7, 11) is 0. The normalized spacial score (nSPS) is 15.2. The van der Waals surface area contributed by atoms with Crippen LogP contribution in [0.3, 0.4) is 0 Å². The molecular formula is C20H22N4OS. The highest BCUT2D eigenvalue weighted by molar-refractivity contribution is 8.00. The van der Waals surface area contributed by atoms with Crippen LogP contribution in [0.15, 0.2) is 47.6 Å². The fourth-order valence-electron chi connectivity index (χ4n) is 3.05. The summed E-state index contributed by atoms with van der Waals surface area (Å²) in [5, 5.41) is 14.5. The van der Waals surface area contributed by atoms with Crippen molar-refractivity contribution < 1.29 is 4.79 Å². The Labute approximate surface area is 157 Å². The molecule has 0 unspecified atom stereocenters. The van der Waals surface area contributed by atoms with E-state index >= 15 is 0 Å². The van der Waals surface area contributed by atoms with E-state index in [0.29, 0.717) is 5.92 Å². The van der Waals surface area contributed by atoms with Crippen LogP contribution >= 0.6 is 11.8 Å². The second-order valence-electron chi connectivity index (χ2n) is 6.67. The van der Waals surface area contributed by atoms with Crippen LogP contribution in [-0.4, -0.2) is 25.9 Å². The minimum atomic E-state index is -0.247. The average molecular weight is 366 g/mol. The van der Waals surface area contributed by atoms with E-state index in [9.17, 15) is 4.79 Å². The third-order valence-electron chi connectivity index (χ3n) is 4.67. The summed E-state index contributed by atoms with van der Waals surface area (Å²) in [6.45, 7) is 4.84. The Morgan fingerprint density at radius 3 is 2.73 bits per heavy atom. The van der Waals surface area contributed by atoms with Crippen LogP contribution < -0.4 is 5.32 Å². The SMILES string of the molecule is CCn1c(S[C@H](C)C(=O)Nc2ccc3ccccc3c2)nnc1C1CC1. The second-order valence-corrected chi connectivity index (χ2v) is 7.98. The lowest BCUT2D eigenvalue weighted by atomic mass is 10.1. The lowest BCUT2D eigenvalue weighted by molar-refractivity contribution is -0.115. The Kier molecular flexibility index (Phi) is 4.68. The monoisotopic (exact) mass is 366 g/mol. The van der Waals surface area contributed by atoms with E-state index in [0.717, 1.165) is 34.0 Å². The van der Waals surface area contributed by atoms with Crippen molar-refractivity contribution >= 4 is 34.1 Å². The molecule has 1 aliphatic rings. The summed E-state index contributed by atoms with van der Waals surface area (Å²) in [5.41, 5.74) is 0.816. The molecule has 4 rings (SSSR count). The van der Waals surface area contributed by atoms with Gasteiger partial charge in [0.2, 0.25) is 5.91 Å². The molecule has 1 atom stereocenters. The number of carbonyl (C=O) groups excluding carboxylic acids is 1. The van der Waals surface area contributed by atoms with Gasteiger partial charge in [-0.1, -0.05) is 42.1 Å². The number of hydrogen-bond acceptors (Lipinski definition) is 4. The number of amides is 1. The largest absolute Gasteiger partial charge is 0.325 e. The number of hydrogen-bond donors (Lipinski definition) is 1. The Morgan fingerprint density at radius 1 is 1.23 bits per heavy atom. The molecular weight excluding hydrogens is 344 g/mol. The van der Waals surface area contributed by atoms with E-state index in [1.54, 1.807) is 0 Å². The van der Waals surface area contributed by atoms with Gasteiger partial charge in [-0.2, -0.15) is 0 Å². The maximum absolute atomic E-state index is 12.6. The van der Waals surface area contributed by atoms with Crippen LogP contribution in [0.5, 0.6) is 0 Å². The highest BCUT2D eigenvalue weighted by Crippen LogP contribution is 2.40. The average Bonchev–Trinajstić information content (AvgIpc) is 3.42. The van der Waals surface area contributed by atoms with Gasteiger partial charge in [-0.15, -0.1) is 10.2 Å². The molecule has 1 amide bonds. The van der Waals surface area contributed by atoms with Gasteiger partial charge in [-0.05, 0) is 49.6 Å². The van der Waals surface area contributed by atoms with Crippen molar-refractivity contribution in [1.82, 2.24) is 14.8 Å². The second kappa shape index (κ2) is 7.11. The van der Waals surface area contributed by atoms with Crippen molar-refractivity contribution in [3.63, 3.8) is 0 Å². The van der Waals surface area contributed by atoms with Crippen LogP contribution in [0, 0.1) is 0 Å². The molecule has 0 radical (unpaired) electrons. The number of rotatable bonds is 6. The van der Waals surface area contributed by atoms with Crippen molar-refractivity contribution in [2.45, 2.75) is 49.6 Å². The number of fused-ring (bicyclic) bond motifs is 1. The molecule has 0 aliphatic heterocycles. The molecule has 0 bridgehead atoms. The summed E-state index contributed by atoms with van der Waals surface area (Å²) in [6, 6.07) is 14.1. The van der Waals surface area contributed by atoms with E-state index in [-0.39, 0.29) is 11.2 Å². The summed E-state index contributed by atoms with van der Waals surface area (Å²) in [6.07, 6.45) is 2.39. The van der Waals surface area contributed by atoms with Crippen LogP contribution in [0.4, 0.5) is 5.69 Å². The van der Waals surface area contributed by atoms with Gasteiger partial charge >= 0.3 is 0 Å². The van der Waals surface area contributed by atoms with Gasteiger partial charge in [0.25, 0.3) is 0 Å². The van der Waals surface area contributed by atoms with Crippen molar-refractivity contribution in [2.75, 3.05) is 5.32 Å². The van der Waals surface area contributed by atoms with E-state index in [4.69, 9.17) is 0 Å².